The van der Waals surface area contributed by atoms with Crippen molar-refractivity contribution in [1.29, 1.82) is 0 Å². The smallest absolute Gasteiger partial charge is 0.330 e. The van der Waals surface area contributed by atoms with Crippen LogP contribution in [0.1, 0.15) is 34.9 Å². The van der Waals surface area contributed by atoms with Crippen LogP contribution < -0.4 is 16.0 Å². The summed E-state index contributed by atoms with van der Waals surface area (Å²) < 4.78 is 19.8. The highest BCUT2D eigenvalue weighted by Gasteiger charge is 2.42. The van der Waals surface area contributed by atoms with Gasteiger partial charge in [0.1, 0.15) is 37.3 Å². The first-order valence-electron chi connectivity index (χ1n) is 14.2. The fourth-order valence-corrected chi connectivity index (χ4v) is 5.72. The molecule has 0 aliphatic carbocycles. The zero-order valence-corrected chi connectivity index (χ0v) is 25.7. The third-order valence-corrected chi connectivity index (χ3v) is 8.25. The van der Waals surface area contributed by atoms with Crippen molar-refractivity contribution in [2.45, 2.75) is 50.1 Å². The van der Waals surface area contributed by atoms with E-state index in [1.165, 1.54) is 10.8 Å². The molecule has 1 aromatic heterocycles. The zero-order chi connectivity index (χ0) is 30.6. The van der Waals surface area contributed by atoms with Crippen molar-refractivity contribution in [2.24, 2.45) is 0 Å². The van der Waals surface area contributed by atoms with E-state index in [0.29, 0.717) is 0 Å². The summed E-state index contributed by atoms with van der Waals surface area (Å²) in [6.07, 6.45) is -0.896. The highest BCUT2D eigenvalue weighted by Crippen LogP contribution is 2.42. The van der Waals surface area contributed by atoms with E-state index < -0.39 is 43.4 Å². The van der Waals surface area contributed by atoms with Gasteiger partial charge in [-0.3, -0.25) is 14.3 Å². The van der Waals surface area contributed by atoms with Crippen molar-refractivity contribution in [3.63, 3.8) is 0 Å². The Balaban J connectivity index is 1.49. The molecule has 0 amide bonds. The van der Waals surface area contributed by atoms with Crippen molar-refractivity contribution in [2.75, 3.05) is 13.7 Å². The fourth-order valence-electron chi connectivity index (χ4n) is 5.21. The van der Waals surface area contributed by atoms with E-state index in [-0.39, 0.29) is 18.6 Å². The first-order valence-corrected chi connectivity index (χ1v) is 17.7. The molecule has 1 fully saturated rings. The Morgan fingerprint density at radius 1 is 0.953 bits per heavy atom. The van der Waals surface area contributed by atoms with Crippen molar-refractivity contribution in [3.05, 3.63) is 134 Å². The van der Waals surface area contributed by atoms with Gasteiger partial charge in [0.05, 0.1) is 19.8 Å². The summed E-state index contributed by atoms with van der Waals surface area (Å²) in [5.41, 5.74) is 3.82. The quantitative estimate of drug-likeness (QED) is 0.177. The number of H-pyrrole nitrogens is 1. The molecule has 2 heterocycles. The SMILES string of the molecule is COc1ccc(C(OC[C@H]2O[C@@H](n3cc(C#C[Si](C)(C)C)c(=O)[nH]c3=O)C[C@@H]2O)(c2ccccc2)c2ccccc2)cc1. The summed E-state index contributed by atoms with van der Waals surface area (Å²) in [7, 11) is -0.139. The van der Waals surface area contributed by atoms with Crippen molar-refractivity contribution in [3.8, 4) is 17.2 Å². The van der Waals surface area contributed by atoms with E-state index in [9.17, 15) is 14.7 Å². The number of aromatic amines is 1. The molecule has 0 saturated carbocycles. The van der Waals surface area contributed by atoms with Crippen LogP contribution in [0.5, 0.6) is 5.75 Å². The maximum atomic E-state index is 12.8. The lowest BCUT2D eigenvalue weighted by atomic mass is 9.80. The third-order valence-electron chi connectivity index (χ3n) is 7.38. The van der Waals surface area contributed by atoms with E-state index in [4.69, 9.17) is 14.2 Å². The molecular formula is C34H36N2O6Si. The van der Waals surface area contributed by atoms with Crippen LogP contribution in [0.2, 0.25) is 19.6 Å². The Morgan fingerprint density at radius 2 is 1.53 bits per heavy atom. The Hall–Kier alpha value is -4.20. The van der Waals surface area contributed by atoms with Crippen molar-refractivity contribution < 1.29 is 19.3 Å². The van der Waals surface area contributed by atoms with E-state index in [2.05, 4.69) is 36.1 Å². The summed E-state index contributed by atoms with van der Waals surface area (Å²) in [4.78, 5) is 27.6. The summed E-state index contributed by atoms with van der Waals surface area (Å²) in [6.45, 7) is 6.24. The summed E-state index contributed by atoms with van der Waals surface area (Å²) in [5, 5.41) is 11.1. The van der Waals surface area contributed by atoms with Crippen LogP contribution in [0.25, 0.3) is 0 Å². The minimum Gasteiger partial charge on any atom is -0.497 e. The standard InChI is InChI=1S/C34H36N2O6Si/c1-40-28-17-15-27(16-18-28)34(25-11-7-5-8-12-25,26-13-9-6-10-14-26)41-23-30-29(37)21-31(42-30)36-22-24(19-20-43(2,3)4)32(38)35-33(36)39/h5-18,22,29-31,37H,21,23H2,1-4H3,(H,35,38,39)/t29-,30+,31+/m0/s1. The number of benzene rings is 3. The zero-order valence-electron chi connectivity index (χ0n) is 24.7. The average molecular weight is 597 g/mol. The van der Waals surface area contributed by atoms with Crippen LogP contribution in [0, 0.1) is 11.5 Å². The molecule has 0 spiro atoms. The van der Waals surface area contributed by atoms with Gasteiger partial charge >= 0.3 is 5.69 Å². The third kappa shape index (κ3) is 6.58. The number of hydrogen-bond acceptors (Lipinski definition) is 6. The lowest BCUT2D eigenvalue weighted by Crippen LogP contribution is -2.38. The predicted molar refractivity (Wildman–Crippen MR) is 168 cm³/mol. The second-order valence-electron chi connectivity index (χ2n) is 11.6. The summed E-state index contributed by atoms with van der Waals surface area (Å²) in [5.74, 6) is 3.65. The molecule has 0 unspecified atom stereocenters. The molecule has 1 saturated heterocycles. The molecule has 9 heteroatoms. The normalized spacial score (nSPS) is 18.6. The number of aromatic nitrogens is 2. The molecule has 43 heavy (non-hydrogen) atoms. The number of methoxy groups -OCH3 is 1. The van der Waals surface area contributed by atoms with E-state index in [0.717, 1.165) is 22.4 Å². The van der Waals surface area contributed by atoms with Gasteiger partial charge in [0.2, 0.25) is 0 Å². The van der Waals surface area contributed by atoms with Gasteiger partial charge < -0.3 is 19.3 Å². The Kier molecular flexibility index (Phi) is 8.85. The molecule has 0 bridgehead atoms. The largest absolute Gasteiger partial charge is 0.497 e. The first-order chi connectivity index (χ1) is 20.6. The molecule has 1 aliphatic rings. The lowest BCUT2D eigenvalue weighted by molar-refractivity contribution is -0.0944. The molecule has 2 N–H and O–H groups in total. The topological polar surface area (TPSA) is 103 Å². The number of nitrogens with zero attached hydrogens (tertiary/aromatic N) is 1. The molecule has 8 nitrogen and oxygen atoms in total. The molecule has 0 radical (unpaired) electrons. The highest BCUT2D eigenvalue weighted by molar-refractivity contribution is 6.83. The lowest BCUT2D eigenvalue weighted by Gasteiger charge is -2.37. The van der Waals surface area contributed by atoms with Gasteiger partial charge in [0, 0.05) is 12.6 Å². The van der Waals surface area contributed by atoms with Crippen LogP contribution >= 0.6 is 0 Å². The molecule has 1 aliphatic heterocycles. The first kappa shape index (κ1) is 30.3. The van der Waals surface area contributed by atoms with Gasteiger partial charge in [0.15, 0.2) is 0 Å². The monoisotopic (exact) mass is 596 g/mol. The second-order valence-corrected chi connectivity index (χ2v) is 16.3. The van der Waals surface area contributed by atoms with E-state index in [1.807, 2.05) is 84.9 Å². The van der Waals surface area contributed by atoms with Gasteiger partial charge in [-0.05, 0) is 28.8 Å². The van der Waals surface area contributed by atoms with Gasteiger partial charge in [-0.1, -0.05) is 98.4 Å². The Morgan fingerprint density at radius 3 is 2.09 bits per heavy atom. The maximum absolute atomic E-state index is 12.8. The molecule has 3 aromatic carbocycles. The predicted octanol–water partition coefficient (Wildman–Crippen LogP) is 4.43. The number of rotatable bonds is 8. The molecule has 3 atom stereocenters. The highest BCUT2D eigenvalue weighted by atomic mass is 28.3. The van der Waals surface area contributed by atoms with Crippen molar-refractivity contribution >= 4 is 8.07 Å². The number of aliphatic hydroxyl groups is 1. The van der Waals surface area contributed by atoms with Gasteiger partial charge in [0.25, 0.3) is 5.56 Å². The van der Waals surface area contributed by atoms with Crippen LogP contribution in [-0.4, -0.2) is 48.7 Å². The minimum absolute atomic E-state index is 0.0217. The van der Waals surface area contributed by atoms with Crippen molar-refractivity contribution in [1.82, 2.24) is 9.55 Å². The van der Waals surface area contributed by atoms with Crippen LogP contribution in [0.3, 0.4) is 0 Å². The summed E-state index contributed by atoms with van der Waals surface area (Å²) >= 11 is 0. The number of ether oxygens (including phenoxy) is 3. The number of aliphatic hydroxyl groups excluding tert-OH is 1. The average Bonchev–Trinajstić information content (AvgIpc) is 3.37. The Bertz CT molecular complexity index is 1680. The number of hydrogen-bond donors (Lipinski definition) is 2. The molecule has 4 aromatic rings. The van der Waals surface area contributed by atoms with Crippen LogP contribution in [0.15, 0.2) is 101 Å². The Labute approximate surface area is 251 Å². The molecular weight excluding hydrogens is 560 g/mol. The number of nitrogens with one attached hydrogen (secondary N) is 1. The molecule has 5 rings (SSSR count). The maximum Gasteiger partial charge on any atom is 0.330 e. The van der Waals surface area contributed by atoms with Gasteiger partial charge in [-0.15, -0.1) is 5.54 Å². The second kappa shape index (κ2) is 12.6. The fraction of sp³-hybridized carbons (Fsp3) is 0.294. The van der Waals surface area contributed by atoms with E-state index >= 15 is 0 Å². The van der Waals surface area contributed by atoms with Gasteiger partial charge in [-0.25, -0.2) is 4.79 Å². The van der Waals surface area contributed by atoms with Gasteiger partial charge in [-0.2, -0.15) is 0 Å². The van der Waals surface area contributed by atoms with E-state index in [1.54, 1.807) is 7.11 Å². The van der Waals surface area contributed by atoms with Crippen LogP contribution in [-0.2, 0) is 15.1 Å². The summed E-state index contributed by atoms with van der Waals surface area (Å²) in [6, 6.07) is 27.5. The minimum atomic E-state index is -1.76. The molecule has 222 valence electrons. The van der Waals surface area contributed by atoms with Crippen LogP contribution in [0.4, 0.5) is 0 Å².